The fourth-order valence-corrected chi connectivity index (χ4v) is 3.06. The van der Waals surface area contributed by atoms with E-state index in [4.69, 9.17) is 4.42 Å². The first-order valence-corrected chi connectivity index (χ1v) is 9.78. The van der Waals surface area contributed by atoms with Gasteiger partial charge in [0.1, 0.15) is 16.9 Å². The minimum atomic E-state index is -0.610. The molecule has 2 heterocycles. The number of hydrogen-bond acceptors (Lipinski definition) is 4. The van der Waals surface area contributed by atoms with Crippen LogP contribution in [-0.2, 0) is 6.54 Å². The highest BCUT2D eigenvalue weighted by Crippen LogP contribution is 2.13. The average molecular weight is 407 g/mol. The van der Waals surface area contributed by atoms with Crippen molar-refractivity contribution in [1.29, 1.82) is 0 Å². The van der Waals surface area contributed by atoms with Gasteiger partial charge in [0.25, 0.3) is 11.8 Å². The van der Waals surface area contributed by atoms with E-state index in [1.807, 2.05) is 44.2 Å². The smallest absolute Gasteiger partial charge is 0.257 e. The van der Waals surface area contributed by atoms with Crippen molar-refractivity contribution >= 4 is 11.8 Å². The molecule has 0 aliphatic heterocycles. The van der Waals surface area contributed by atoms with E-state index in [-0.39, 0.29) is 17.2 Å². The molecule has 0 radical (unpaired) electrons. The van der Waals surface area contributed by atoms with Crippen molar-refractivity contribution in [2.24, 2.45) is 0 Å². The van der Waals surface area contributed by atoms with E-state index in [2.05, 4.69) is 10.6 Å². The summed E-state index contributed by atoms with van der Waals surface area (Å²) < 4.78 is 6.99. The van der Waals surface area contributed by atoms with Gasteiger partial charge in [-0.3, -0.25) is 14.4 Å². The first-order chi connectivity index (χ1) is 14.3. The summed E-state index contributed by atoms with van der Waals surface area (Å²) in [7, 11) is 0. The second kappa shape index (κ2) is 9.26. The van der Waals surface area contributed by atoms with E-state index in [0.717, 1.165) is 5.56 Å². The molecule has 0 aliphatic rings. The predicted octanol–water partition coefficient (Wildman–Crippen LogP) is 3.12. The van der Waals surface area contributed by atoms with Gasteiger partial charge in [0.05, 0.1) is 12.3 Å². The topological polar surface area (TPSA) is 93.3 Å². The Hall–Kier alpha value is -3.61. The molecule has 7 heteroatoms. The molecule has 2 aromatic heterocycles. The Kier molecular flexibility index (Phi) is 6.51. The Bertz CT molecular complexity index is 1070. The molecule has 0 saturated heterocycles. The third-order valence-corrected chi connectivity index (χ3v) is 4.51. The number of hydrogen-bond donors (Lipinski definition) is 2. The monoisotopic (exact) mass is 407 g/mol. The van der Waals surface area contributed by atoms with Crippen LogP contribution in [0.3, 0.4) is 0 Å². The van der Waals surface area contributed by atoms with Gasteiger partial charge in [-0.2, -0.15) is 0 Å². The zero-order valence-electron chi connectivity index (χ0n) is 17.2. The van der Waals surface area contributed by atoms with E-state index in [0.29, 0.717) is 12.3 Å². The molecule has 30 heavy (non-hydrogen) atoms. The molecule has 1 atom stereocenters. The average Bonchev–Trinajstić information content (AvgIpc) is 3.24. The largest absolute Gasteiger partial charge is 0.467 e. The molecule has 0 aliphatic carbocycles. The normalized spacial score (nSPS) is 11.9. The van der Waals surface area contributed by atoms with Gasteiger partial charge in [0.15, 0.2) is 0 Å². The third-order valence-electron chi connectivity index (χ3n) is 4.51. The summed E-state index contributed by atoms with van der Waals surface area (Å²) in [4.78, 5) is 38.4. The highest BCUT2D eigenvalue weighted by atomic mass is 16.3. The van der Waals surface area contributed by atoms with Crippen LogP contribution >= 0.6 is 0 Å². The Balaban J connectivity index is 1.97. The summed E-state index contributed by atoms with van der Waals surface area (Å²) in [6.07, 6.45) is 4.48. The number of amides is 2. The van der Waals surface area contributed by atoms with Crippen LogP contribution in [-0.4, -0.2) is 22.4 Å². The molecule has 156 valence electrons. The number of pyridine rings is 1. The summed E-state index contributed by atoms with van der Waals surface area (Å²) in [5.74, 6) is -0.503. The number of carbonyl (C=O) groups excluding carboxylic acids is 2. The summed E-state index contributed by atoms with van der Waals surface area (Å²) in [5, 5.41) is 5.48. The molecule has 3 rings (SSSR count). The molecule has 0 spiro atoms. The number of nitrogens with one attached hydrogen (secondary N) is 2. The van der Waals surface area contributed by atoms with Crippen molar-refractivity contribution < 1.29 is 14.0 Å². The lowest BCUT2D eigenvalue weighted by molar-refractivity contribution is 0.0933. The minimum absolute atomic E-state index is 0.0714. The summed E-state index contributed by atoms with van der Waals surface area (Å²) >= 11 is 0. The first kappa shape index (κ1) is 21.1. The lowest BCUT2D eigenvalue weighted by Gasteiger charge is -2.15. The van der Waals surface area contributed by atoms with E-state index in [9.17, 15) is 14.4 Å². The van der Waals surface area contributed by atoms with E-state index < -0.39 is 23.3 Å². The van der Waals surface area contributed by atoms with Gasteiger partial charge in [-0.05, 0) is 38.5 Å². The highest BCUT2D eigenvalue weighted by Gasteiger charge is 2.22. The molecular formula is C23H25N3O4. The van der Waals surface area contributed by atoms with Gasteiger partial charge in [0.2, 0.25) is 5.43 Å². The summed E-state index contributed by atoms with van der Waals surface area (Å²) in [5.41, 5.74) is 0.201. The van der Waals surface area contributed by atoms with E-state index >= 15 is 0 Å². The van der Waals surface area contributed by atoms with Gasteiger partial charge >= 0.3 is 0 Å². The Morgan fingerprint density at radius 2 is 1.57 bits per heavy atom. The highest BCUT2D eigenvalue weighted by molar-refractivity contribution is 5.99. The third kappa shape index (κ3) is 5.05. The fraction of sp³-hybridized carbons (Fsp3) is 0.261. The number of furan rings is 1. The van der Waals surface area contributed by atoms with Crippen molar-refractivity contribution in [1.82, 2.24) is 15.2 Å². The zero-order valence-corrected chi connectivity index (χ0v) is 17.2. The molecule has 0 unspecified atom stereocenters. The number of aromatic nitrogens is 1. The second-order valence-corrected chi connectivity index (χ2v) is 7.41. The van der Waals surface area contributed by atoms with Crippen LogP contribution in [0.25, 0.3) is 0 Å². The molecule has 0 fully saturated rings. The van der Waals surface area contributed by atoms with Crippen LogP contribution in [0.5, 0.6) is 0 Å². The molecule has 3 aromatic rings. The van der Waals surface area contributed by atoms with E-state index in [1.165, 1.54) is 18.7 Å². The van der Waals surface area contributed by atoms with Crippen LogP contribution in [0.1, 0.15) is 58.9 Å². The van der Waals surface area contributed by atoms with Gasteiger partial charge < -0.3 is 19.6 Å². The molecule has 2 N–H and O–H groups in total. The fourth-order valence-electron chi connectivity index (χ4n) is 3.06. The van der Waals surface area contributed by atoms with Crippen LogP contribution in [0, 0.1) is 0 Å². The maximum Gasteiger partial charge on any atom is 0.257 e. The number of rotatable bonds is 7. The quantitative estimate of drug-likeness (QED) is 0.629. The van der Waals surface area contributed by atoms with Gasteiger partial charge in [-0.15, -0.1) is 0 Å². The van der Waals surface area contributed by atoms with Gasteiger partial charge in [-0.1, -0.05) is 30.3 Å². The Morgan fingerprint density at radius 1 is 0.933 bits per heavy atom. The Labute approximate surface area is 174 Å². The van der Waals surface area contributed by atoms with Gasteiger partial charge in [-0.25, -0.2) is 0 Å². The zero-order chi connectivity index (χ0) is 21.7. The second-order valence-electron chi connectivity index (χ2n) is 7.41. The van der Waals surface area contributed by atoms with Crippen molar-refractivity contribution in [2.75, 3.05) is 0 Å². The molecule has 7 nitrogen and oxygen atoms in total. The number of benzene rings is 1. The number of carbonyl (C=O) groups is 2. The molecule has 2 amide bonds. The van der Waals surface area contributed by atoms with Crippen molar-refractivity contribution in [3.05, 3.63) is 93.8 Å². The van der Waals surface area contributed by atoms with Crippen molar-refractivity contribution in [3.8, 4) is 0 Å². The van der Waals surface area contributed by atoms with Gasteiger partial charge in [0, 0.05) is 25.0 Å². The van der Waals surface area contributed by atoms with Crippen LogP contribution in [0.15, 0.2) is 70.3 Å². The molecule has 0 bridgehead atoms. The van der Waals surface area contributed by atoms with Crippen molar-refractivity contribution in [2.45, 2.75) is 39.4 Å². The van der Waals surface area contributed by atoms with Crippen LogP contribution in [0.2, 0.25) is 0 Å². The summed E-state index contributed by atoms with van der Waals surface area (Å²) in [6, 6.07) is 12.5. The minimum Gasteiger partial charge on any atom is -0.467 e. The maximum absolute atomic E-state index is 12.9. The SMILES string of the molecule is CC(C)NC(=O)c1cn(Cc2ccccc2)cc(C(=O)N[C@@H](C)c2ccco2)c1=O. The van der Waals surface area contributed by atoms with Crippen LogP contribution < -0.4 is 16.1 Å². The van der Waals surface area contributed by atoms with Crippen molar-refractivity contribution in [3.63, 3.8) is 0 Å². The molecule has 1 aromatic carbocycles. The first-order valence-electron chi connectivity index (χ1n) is 9.78. The predicted molar refractivity (Wildman–Crippen MR) is 113 cm³/mol. The standard InChI is InChI=1S/C23H25N3O4/c1-15(2)24-22(28)18-13-26(12-17-8-5-4-6-9-17)14-19(21(18)27)23(29)25-16(3)20-10-7-11-30-20/h4-11,13-16H,12H2,1-3H3,(H,24,28)(H,25,29)/t16-/m0/s1. The maximum atomic E-state index is 12.9. The number of nitrogens with zero attached hydrogens (tertiary/aromatic N) is 1. The summed E-state index contributed by atoms with van der Waals surface area (Å²) in [6.45, 7) is 5.79. The lowest BCUT2D eigenvalue weighted by atomic mass is 10.1. The van der Waals surface area contributed by atoms with E-state index in [1.54, 1.807) is 23.6 Å². The Morgan fingerprint density at radius 3 is 2.13 bits per heavy atom. The van der Waals surface area contributed by atoms with Crippen LogP contribution in [0.4, 0.5) is 0 Å². The molecular weight excluding hydrogens is 382 g/mol. The molecule has 0 saturated carbocycles. The lowest BCUT2D eigenvalue weighted by Crippen LogP contribution is -2.38.